The van der Waals surface area contributed by atoms with Gasteiger partial charge in [0.15, 0.2) is 6.10 Å². The normalized spacial score (nSPS) is 14.6. The SMILES string of the molecule is CCCCC/C=C\C/C=C\CCCCCCCCCCCC(=O)OC(COC(=O)CCC)COP(=O)(O)OCC(O)CO. The minimum atomic E-state index is -4.58. The van der Waals surface area contributed by atoms with Gasteiger partial charge in [-0.1, -0.05) is 95.9 Å². The highest BCUT2D eigenvalue weighted by Gasteiger charge is 2.27. The van der Waals surface area contributed by atoms with E-state index in [9.17, 15) is 24.2 Å². The molecule has 0 spiro atoms. The van der Waals surface area contributed by atoms with Gasteiger partial charge in [0, 0.05) is 12.8 Å². The molecule has 0 fully saturated rings. The molecule has 43 heavy (non-hydrogen) atoms. The maximum Gasteiger partial charge on any atom is 0.472 e. The molecule has 0 aliphatic rings. The van der Waals surface area contributed by atoms with Gasteiger partial charge in [0.1, 0.15) is 12.7 Å². The summed E-state index contributed by atoms with van der Waals surface area (Å²) in [5.41, 5.74) is 0. The Bertz CT molecular complexity index is 786. The van der Waals surface area contributed by atoms with E-state index in [1.54, 1.807) is 0 Å². The van der Waals surface area contributed by atoms with Gasteiger partial charge in [-0.3, -0.25) is 18.6 Å². The van der Waals surface area contributed by atoms with Crippen molar-refractivity contribution in [3.05, 3.63) is 24.3 Å². The summed E-state index contributed by atoms with van der Waals surface area (Å²) in [5.74, 6) is -0.993. The molecule has 0 aliphatic heterocycles. The number of rotatable bonds is 30. The molecule has 0 rings (SSSR count). The molecule has 0 aromatic heterocycles. The third-order valence-corrected chi connectivity index (χ3v) is 7.53. The number of hydrogen-bond acceptors (Lipinski definition) is 9. The van der Waals surface area contributed by atoms with Gasteiger partial charge in [-0.05, 0) is 44.9 Å². The minimum absolute atomic E-state index is 0.178. The summed E-state index contributed by atoms with van der Waals surface area (Å²) in [6, 6.07) is 0. The zero-order valence-electron chi connectivity index (χ0n) is 26.7. The molecule has 0 aromatic rings. The molecule has 0 saturated carbocycles. The highest BCUT2D eigenvalue weighted by Crippen LogP contribution is 2.43. The molecule has 0 aliphatic carbocycles. The Labute approximate surface area is 259 Å². The van der Waals surface area contributed by atoms with Crippen molar-refractivity contribution in [3.8, 4) is 0 Å². The first-order valence-electron chi connectivity index (χ1n) is 16.3. The number of phosphoric acid groups is 1. The number of unbranched alkanes of at least 4 members (excludes halogenated alkanes) is 12. The fraction of sp³-hybridized carbons (Fsp3) is 0.812. The molecule has 3 N–H and O–H groups in total. The van der Waals surface area contributed by atoms with Gasteiger partial charge >= 0.3 is 19.8 Å². The summed E-state index contributed by atoms with van der Waals surface area (Å²) < 4.78 is 31.9. The molecule has 0 saturated heterocycles. The van der Waals surface area contributed by atoms with Gasteiger partial charge in [0.05, 0.1) is 19.8 Å². The van der Waals surface area contributed by atoms with Gasteiger partial charge in [-0.15, -0.1) is 0 Å². The zero-order chi connectivity index (χ0) is 32.0. The number of aliphatic hydroxyl groups excluding tert-OH is 2. The van der Waals surface area contributed by atoms with Crippen molar-refractivity contribution in [2.24, 2.45) is 0 Å². The fourth-order valence-corrected chi connectivity index (χ4v) is 4.85. The van der Waals surface area contributed by atoms with Crippen molar-refractivity contribution in [1.82, 2.24) is 0 Å². The van der Waals surface area contributed by atoms with Crippen molar-refractivity contribution in [2.45, 2.75) is 142 Å². The van der Waals surface area contributed by atoms with E-state index in [0.717, 1.165) is 32.1 Å². The van der Waals surface area contributed by atoms with Crippen LogP contribution in [-0.4, -0.2) is 65.7 Å². The molecule has 11 heteroatoms. The summed E-state index contributed by atoms with van der Waals surface area (Å²) in [4.78, 5) is 33.8. The van der Waals surface area contributed by atoms with Crippen LogP contribution in [0.3, 0.4) is 0 Å². The summed E-state index contributed by atoms with van der Waals surface area (Å²) >= 11 is 0. The highest BCUT2D eigenvalue weighted by molar-refractivity contribution is 7.47. The molecule has 10 nitrogen and oxygen atoms in total. The summed E-state index contributed by atoms with van der Waals surface area (Å²) in [6.07, 6.45) is 24.8. The van der Waals surface area contributed by atoms with Crippen molar-refractivity contribution >= 4 is 19.8 Å². The number of aliphatic hydroxyl groups is 2. The predicted octanol–water partition coefficient (Wildman–Crippen LogP) is 7.10. The van der Waals surface area contributed by atoms with Gasteiger partial charge in [-0.25, -0.2) is 4.57 Å². The molecule has 252 valence electrons. The second kappa shape index (κ2) is 29.2. The number of ether oxygens (including phenoxy) is 2. The summed E-state index contributed by atoms with van der Waals surface area (Å²) in [7, 11) is -4.58. The van der Waals surface area contributed by atoms with Crippen LogP contribution in [0.25, 0.3) is 0 Å². The van der Waals surface area contributed by atoms with Crippen molar-refractivity contribution in [2.75, 3.05) is 26.4 Å². The van der Waals surface area contributed by atoms with Crippen LogP contribution < -0.4 is 0 Å². The minimum Gasteiger partial charge on any atom is -0.462 e. The van der Waals surface area contributed by atoms with E-state index >= 15 is 0 Å². The number of carbonyl (C=O) groups is 2. The monoisotopic (exact) mass is 634 g/mol. The van der Waals surface area contributed by atoms with E-state index in [4.69, 9.17) is 19.1 Å². The first-order valence-corrected chi connectivity index (χ1v) is 17.8. The van der Waals surface area contributed by atoms with E-state index in [1.165, 1.54) is 57.8 Å². The second-order valence-electron chi connectivity index (χ2n) is 10.8. The Morgan fingerprint density at radius 2 is 1.26 bits per heavy atom. The van der Waals surface area contributed by atoms with Crippen LogP contribution in [0.2, 0.25) is 0 Å². The Balaban J connectivity index is 4.04. The maximum absolute atomic E-state index is 12.3. The topological polar surface area (TPSA) is 149 Å². The zero-order valence-corrected chi connectivity index (χ0v) is 27.6. The predicted molar refractivity (Wildman–Crippen MR) is 168 cm³/mol. The molecule has 3 unspecified atom stereocenters. The standard InChI is InChI=1S/C32H59O10P/c1-3-5-6-7-8-9-10-11-12-13-14-15-16-17-18-19-20-21-22-24-32(36)42-30(27-39-31(35)23-4-2)28-41-43(37,38)40-26-29(34)25-33/h8-9,11-12,29-30,33-34H,3-7,10,13-28H2,1-2H3,(H,37,38)/b9-8-,12-11-. The second-order valence-corrected chi connectivity index (χ2v) is 12.3. The van der Waals surface area contributed by atoms with Crippen molar-refractivity contribution in [1.29, 1.82) is 0 Å². The summed E-state index contributed by atoms with van der Waals surface area (Å²) in [5, 5.41) is 18.1. The Morgan fingerprint density at radius 1 is 0.698 bits per heavy atom. The lowest BCUT2D eigenvalue weighted by atomic mass is 10.1. The van der Waals surface area contributed by atoms with Gasteiger partial charge < -0.3 is 24.6 Å². The first kappa shape index (κ1) is 41.4. The number of phosphoric ester groups is 1. The van der Waals surface area contributed by atoms with Crippen LogP contribution in [-0.2, 0) is 32.7 Å². The van der Waals surface area contributed by atoms with Crippen LogP contribution in [0.1, 0.15) is 129 Å². The Morgan fingerprint density at radius 3 is 1.84 bits per heavy atom. The third-order valence-electron chi connectivity index (χ3n) is 6.58. The largest absolute Gasteiger partial charge is 0.472 e. The van der Waals surface area contributed by atoms with Gasteiger partial charge in [-0.2, -0.15) is 0 Å². The molecule has 0 radical (unpaired) electrons. The van der Waals surface area contributed by atoms with Crippen LogP contribution in [0.15, 0.2) is 24.3 Å². The van der Waals surface area contributed by atoms with Crippen molar-refractivity contribution in [3.63, 3.8) is 0 Å². The van der Waals surface area contributed by atoms with E-state index < -0.39 is 51.8 Å². The average molecular weight is 635 g/mol. The number of esters is 2. The van der Waals surface area contributed by atoms with E-state index in [1.807, 2.05) is 6.92 Å². The smallest absolute Gasteiger partial charge is 0.462 e. The lowest BCUT2D eigenvalue weighted by Crippen LogP contribution is -2.29. The molecule has 3 atom stereocenters. The lowest BCUT2D eigenvalue weighted by Gasteiger charge is -2.20. The average Bonchev–Trinajstić information content (AvgIpc) is 2.98. The number of carbonyl (C=O) groups excluding carboxylic acids is 2. The first-order chi connectivity index (χ1) is 20.7. The van der Waals surface area contributed by atoms with Crippen LogP contribution >= 0.6 is 7.82 Å². The molecule has 0 bridgehead atoms. The van der Waals surface area contributed by atoms with Gasteiger partial charge in [0.25, 0.3) is 0 Å². The molecular weight excluding hydrogens is 575 g/mol. The number of hydrogen-bond donors (Lipinski definition) is 3. The van der Waals surface area contributed by atoms with E-state index in [0.29, 0.717) is 12.8 Å². The fourth-order valence-electron chi connectivity index (χ4n) is 4.06. The summed E-state index contributed by atoms with van der Waals surface area (Å²) in [6.45, 7) is 1.92. The van der Waals surface area contributed by atoms with E-state index in [2.05, 4.69) is 35.8 Å². The van der Waals surface area contributed by atoms with Crippen LogP contribution in [0.4, 0.5) is 0 Å². The Kier molecular flexibility index (Phi) is 28.1. The number of allylic oxidation sites excluding steroid dienone is 4. The molecular formula is C32H59O10P. The Hall–Kier alpha value is -1.55. The maximum atomic E-state index is 12.3. The van der Waals surface area contributed by atoms with E-state index in [-0.39, 0.29) is 19.4 Å². The van der Waals surface area contributed by atoms with Crippen LogP contribution in [0.5, 0.6) is 0 Å². The van der Waals surface area contributed by atoms with Crippen LogP contribution in [0, 0.1) is 0 Å². The van der Waals surface area contributed by atoms with Crippen molar-refractivity contribution < 1.29 is 47.8 Å². The molecule has 0 amide bonds. The third kappa shape index (κ3) is 28.9. The molecule has 0 aromatic carbocycles. The highest BCUT2D eigenvalue weighted by atomic mass is 31.2. The lowest BCUT2D eigenvalue weighted by molar-refractivity contribution is -0.161. The quantitative estimate of drug-likeness (QED) is 0.0323. The van der Waals surface area contributed by atoms with Gasteiger partial charge in [0.2, 0.25) is 0 Å². The molecule has 0 heterocycles.